The van der Waals surface area contributed by atoms with E-state index >= 15 is 0 Å². The lowest BCUT2D eigenvalue weighted by molar-refractivity contribution is -0.114. The van der Waals surface area contributed by atoms with Crippen LogP contribution in [-0.4, -0.2) is 11.0 Å². The zero-order valence-corrected chi connectivity index (χ0v) is 17.0. The van der Waals surface area contributed by atoms with Crippen LogP contribution < -0.4 is 21.1 Å². The zero-order chi connectivity index (χ0) is 20.9. The Kier molecular flexibility index (Phi) is 5.77. The molecule has 4 rings (SSSR count). The predicted molar refractivity (Wildman–Crippen MR) is 121 cm³/mol. The largest absolute Gasteiger partial charge is 0.489 e. The van der Waals surface area contributed by atoms with E-state index in [4.69, 9.17) is 22.7 Å². The second-order valence-corrected chi connectivity index (χ2v) is 7.27. The van der Waals surface area contributed by atoms with E-state index in [1.54, 1.807) is 0 Å². The Morgan fingerprint density at radius 3 is 2.27 bits per heavy atom. The number of primary amides is 1. The first-order valence-corrected chi connectivity index (χ1v) is 9.97. The fraction of sp³-hybridized carbons (Fsp3) is 0.0833. The zero-order valence-electron chi connectivity index (χ0n) is 16.2. The molecule has 0 aliphatic carbocycles. The third-order valence-electron chi connectivity index (χ3n) is 4.87. The molecule has 0 saturated carbocycles. The van der Waals surface area contributed by atoms with Crippen LogP contribution in [0.15, 0.2) is 90.5 Å². The fourth-order valence-corrected chi connectivity index (χ4v) is 3.70. The number of carbonyl (C=O) groups excluding carboxylic acids is 1. The van der Waals surface area contributed by atoms with Gasteiger partial charge in [-0.1, -0.05) is 78.9 Å². The first kappa shape index (κ1) is 19.7. The van der Waals surface area contributed by atoms with Gasteiger partial charge in [-0.3, -0.25) is 4.79 Å². The summed E-state index contributed by atoms with van der Waals surface area (Å²) in [4.78, 5) is 12.5. The fourth-order valence-electron chi connectivity index (χ4n) is 3.48. The molecule has 1 atom stereocenters. The summed E-state index contributed by atoms with van der Waals surface area (Å²) in [7, 11) is 0. The minimum atomic E-state index is -0.529. The first-order chi connectivity index (χ1) is 14.6. The van der Waals surface area contributed by atoms with E-state index in [2.05, 4.69) is 10.6 Å². The highest BCUT2D eigenvalue weighted by Crippen LogP contribution is 2.35. The van der Waals surface area contributed by atoms with Crippen molar-refractivity contribution in [3.8, 4) is 5.75 Å². The van der Waals surface area contributed by atoms with Gasteiger partial charge in [0.1, 0.15) is 12.4 Å². The van der Waals surface area contributed by atoms with Crippen LogP contribution >= 0.6 is 12.2 Å². The van der Waals surface area contributed by atoms with Crippen molar-refractivity contribution in [2.45, 2.75) is 12.6 Å². The van der Waals surface area contributed by atoms with Crippen LogP contribution in [0.1, 0.15) is 22.7 Å². The number of nitrogens with two attached hydrogens (primary N) is 1. The van der Waals surface area contributed by atoms with Gasteiger partial charge in [0.05, 0.1) is 17.3 Å². The number of nitrogens with one attached hydrogen (secondary N) is 2. The van der Waals surface area contributed by atoms with Crippen LogP contribution in [-0.2, 0) is 11.4 Å². The number of hydrogen-bond acceptors (Lipinski definition) is 3. The lowest BCUT2D eigenvalue weighted by atomic mass is 9.92. The third kappa shape index (κ3) is 4.18. The molecule has 0 radical (unpaired) electrons. The Labute approximate surface area is 180 Å². The molecule has 5 nitrogen and oxygen atoms in total. The van der Waals surface area contributed by atoms with Crippen molar-refractivity contribution in [1.82, 2.24) is 10.6 Å². The van der Waals surface area contributed by atoms with Gasteiger partial charge in [-0.05, 0) is 29.4 Å². The standard InChI is InChI=1S/C24H21N3O2S/c25-23(28)20-21(17-11-5-2-6-12-17)26-24(30)27-22(20)18-13-7-8-14-19(18)29-15-16-9-3-1-4-10-16/h1-14,22H,15H2,(H2,25,28)(H2,26,27,30). The third-order valence-corrected chi connectivity index (χ3v) is 5.09. The van der Waals surface area contributed by atoms with E-state index < -0.39 is 11.9 Å². The molecule has 0 spiro atoms. The van der Waals surface area contributed by atoms with Crippen molar-refractivity contribution >= 4 is 28.9 Å². The highest BCUT2D eigenvalue weighted by atomic mass is 32.1. The molecule has 3 aromatic carbocycles. The minimum absolute atomic E-state index is 0.408. The molecular weight excluding hydrogens is 394 g/mol. The number of thiocarbonyl (C=S) groups is 1. The Morgan fingerprint density at radius 1 is 0.933 bits per heavy atom. The normalized spacial score (nSPS) is 15.9. The molecule has 0 aromatic heterocycles. The van der Waals surface area contributed by atoms with Gasteiger partial charge in [0.25, 0.3) is 0 Å². The smallest absolute Gasteiger partial charge is 0.249 e. The molecule has 4 N–H and O–H groups in total. The second kappa shape index (κ2) is 8.80. The maximum absolute atomic E-state index is 12.5. The van der Waals surface area contributed by atoms with Crippen molar-refractivity contribution in [2.24, 2.45) is 5.73 Å². The van der Waals surface area contributed by atoms with Gasteiger partial charge in [-0.15, -0.1) is 0 Å². The predicted octanol–water partition coefficient (Wildman–Crippen LogP) is 3.68. The van der Waals surface area contributed by atoms with Crippen molar-refractivity contribution in [1.29, 1.82) is 0 Å². The molecule has 1 amide bonds. The minimum Gasteiger partial charge on any atom is -0.489 e. The van der Waals surface area contributed by atoms with Gasteiger partial charge in [0, 0.05) is 5.56 Å². The van der Waals surface area contributed by atoms with Crippen LogP contribution in [0.5, 0.6) is 5.75 Å². The number of carbonyl (C=O) groups is 1. The molecule has 150 valence electrons. The molecule has 0 saturated heterocycles. The average molecular weight is 416 g/mol. The SMILES string of the molecule is NC(=O)C1=C(c2ccccc2)NC(=S)NC1c1ccccc1OCc1ccccc1. The van der Waals surface area contributed by atoms with Gasteiger partial charge in [-0.25, -0.2) is 0 Å². The molecule has 1 heterocycles. The number of para-hydroxylation sites is 1. The molecule has 6 heteroatoms. The summed E-state index contributed by atoms with van der Waals surface area (Å²) in [6.07, 6.45) is 0. The maximum Gasteiger partial charge on any atom is 0.249 e. The van der Waals surface area contributed by atoms with Gasteiger partial charge >= 0.3 is 0 Å². The monoisotopic (exact) mass is 415 g/mol. The van der Waals surface area contributed by atoms with Crippen molar-refractivity contribution in [3.63, 3.8) is 0 Å². The van der Waals surface area contributed by atoms with Crippen LogP contribution in [0.4, 0.5) is 0 Å². The van der Waals surface area contributed by atoms with Crippen molar-refractivity contribution in [2.75, 3.05) is 0 Å². The molecule has 30 heavy (non-hydrogen) atoms. The van der Waals surface area contributed by atoms with Crippen molar-refractivity contribution < 1.29 is 9.53 Å². The summed E-state index contributed by atoms with van der Waals surface area (Å²) < 4.78 is 6.10. The van der Waals surface area contributed by atoms with Crippen LogP contribution in [0, 0.1) is 0 Å². The second-order valence-electron chi connectivity index (χ2n) is 6.86. The molecule has 1 aliphatic heterocycles. The molecule has 3 aromatic rings. The van der Waals surface area contributed by atoms with E-state index in [0.29, 0.717) is 28.7 Å². The summed E-state index contributed by atoms with van der Waals surface area (Å²) >= 11 is 5.43. The molecule has 1 unspecified atom stereocenters. The molecule has 1 aliphatic rings. The summed E-state index contributed by atoms with van der Waals surface area (Å²) in [5.41, 5.74) is 9.52. The van der Waals surface area contributed by atoms with Crippen molar-refractivity contribution in [3.05, 3.63) is 107 Å². The van der Waals surface area contributed by atoms with E-state index in [9.17, 15) is 4.79 Å². The summed E-state index contributed by atoms with van der Waals surface area (Å²) in [6.45, 7) is 0.411. The lowest BCUT2D eigenvalue weighted by Crippen LogP contribution is -2.46. The lowest BCUT2D eigenvalue weighted by Gasteiger charge is -2.31. The van der Waals surface area contributed by atoms with Crippen LogP contribution in [0.3, 0.4) is 0 Å². The number of benzene rings is 3. The topological polar surface area (TPSA) is 76.4 Å². The maximum atomic E-state index is 12.5. The highest BCUT2D eigenvalue weighted by molar-refractivity contribution is 7.80. The van der Waals surface area contributed by atoms with Gasteiger partial charge in [0.15, 0.2) is 5.11 Å². The quantitative estimate of drug-likeness (QED) is 0.536. The Morgan fingerprint density at radius 2 is 1.57 bits per heavy atom. The average Bonchev–Trinajstić information content (AvgIpc) is 2.78. The van der Waals surface area contributed by atoms with Gasteiger partial charge in [-0.2, -0.15) is 0 Å². The number of hydrogen-bond donors (Lipinski definition) is 3. The van der Waals surface area contributed by atoms with E-state index in [-0.39, 0.29) is 0 Å². The molecule has 0 bridgehead atoms. The van der Waals surface area contributed by atoms with Crippen LogP contribution in [0.25, 0.3) is 5.70 Å². The number of amides is 1. The van der Waals surface area contributed by atoms with E-state index in [1.807, 2.05) is 84.9 Å². The number of ether oxygens (including phenoxy) is 1. The first-order valence-electron chi connectivity index (χ1n) is 9.56. The van der Waals surface area contributed by atoms with Gasteiger partial charge in [0.2, 0.25) is 5.91 Å². The summed E-state index contributed by atoms with van der Waals surface area (Å²) in [6, 6.07) is 26.5. The Hall–Kier alpha value is -3.64. The summed E-state index contributed by atoms with van der Waals surface area (Å²) in [5, 5.41) is 6.70. The Bertz CT molecular complexity index is 1100. The Balaban J connectivity index is 1.75. The van der Waals surface area contributed by atoms with E-state index in [1.165, 1.54) is 0 Å². The molecule has 0 fully saturated rings. The highest BCUT2D eigenvalue weighted by Gasteiger charge is 2.32. The van der Waals surface area contributed by atoms with Gasteiger partial charge < -0.3 is 21.1 Å². The molecular formula is C24H21N3O2S. The number of rotatable bonds is 6. The van der Waals surface area contributed by atoms with E-state index in [0.717, 1.165) is 16.7 Å². The van der Waals surface area contributed by atoms with Crippen LogP contribution in [0.2, 0.25) is 0 Å². The summed E-state index contributed by atoms with van der Waals surface area (Å²) in [5.74, 6) is 0.133.